The molecule has 0 aliphatic heterocycles. The number of anilines is 1. The van der Waals surface area contributed by atoms with Crippen molar-refractivity contribution in [3.8, 4) is 0 Å². The Hall–Kier alpha value is -1.19. The summed E-state index contributed by atoms with van der Waals surface area (Å²) in [6.45, 7) is 2.02. The third kappa shape index (κ3) is 2.98. The molecule has 0 radical (unpaired) electrons. The molecule has 0 aliphatic rings. The fourth-order valence-corrected chi connectivity index (χ4v) is 2.93. The van der Waals surface area contributed by atoms with Gasteiger partial charge in [-0.3, -0.25) is 0 Å². The Morgan fingerprint density at radius 2 is 2.06 bits per heavy atom. The second-order valence-corrected chi connectivity index (χ2v) is 5.42. The summed E-state index contributed by atoms with van der Waals surface area (Å²) in [5, 5.41) is 0.201. The average Bonchev–Trinajstić information content (AvgIpc) is 2.35. The molecule has 2 N–H and O–H groups in total. The van der Waals surface area contributed by atoms with Gasteiger partial charge in [0.2, 0.25) is 0 Å². The van der Waals surface area contributed by atoms with Crippen LogP contribution in [-0.2, 0) is 5.75 Å². The van der Waals surface area contributed by atoms with Crippen molar-refractivity contribution < 1.29 is 4.39 Å². The van der Waals surface area contributed by atoms with Crippen LogP contribution in [0.15, 0.2) is 41.3 Å². The molecular weight excluding hydrogens is 269 g/mol. The van der Waals surface area contributed by atoms with E-state index in [4.69, 9.17) is 17.3 Å². The molecule has 0 amide bonds. The number of benzene rings is 2. The fourth-order valence-electron chi connectivity index (χ4n) is 1.59. The largest absolute Gasteiger partial charge is 0.399 e. The fraction of sp³-hybridized carbons (Fsp3) is 0.143. The van der Waals surface area contributed by atoms with Gasteiger partial charge in [0.15, 0.2) is 0 Å². The Kier molecular flexibility index (Phi) is 4.15. The van der Waals surface area contributed by atoms with E-state index in [-0.39, 0.29) is 10.8 Å². The first-order chi connectivity index (χ1) is 8.58. The second-order valence-electron chi connectivity index (χ2n) is 4.03. The lowest BCUT2D eigenvalue weighted by Gasteiger charge is -2.08. The number of hydrogen-bond acceptors (Lipinski definition) is 2. The van der Waals surface area contributed by atoms with E-state index in [1.54, 1.807) is 17.8 Å². The summed E-state index contributed by atoms with van der Waals surface area (Å²) in [7, 11) is 0. The Morgan fingerprint density at radius 3 is 2.83 bits per heavy atom. The standard InChI is InChI=1S/C14H13ClFNS/c1-9-5-6-11(17)7-13(9)18-8-10-3-2-4-12(16)14(10)15/h2-7H,8,17H2,1H3. The highest BCUT2D eigenvalue weighted by Crippen LogP contribution is 2.30. The number of nitrogen functional groups attached to an aromatic ring is 1. The van der Waals surface area contributed by atoms with Gasteiger partial charge in [0.25, 0.3) is 0 Å². The molecule has 4 heteroatoms. The van der Waals surface area contributed by atoms with Gasteiger partial charge >= 0.3 is 0 Å². The average molecular weight is 282 g/mol. The van der Waals surface area contributed by atoms with Crippen LogP contribution >= 0.6 is 23.4 Å². The van der Waals surface area contributed by atoms with E-state index in [0.29, 0.717) is 5.75 Å². The van der Waals surface area contributed by atoms with Gasteiger partial charge in [-0.05, 0) is 36.2 Å². The summed E-state index contributed by atoms with van der Waals surface area (Å²) in [5.74, 6) is 0.250. The first kappa shape index (κ1) is 13.2. The lowest BCUT2D eigenvalue weighted by Crippen LogP contribution is -1.89. The van der Waals surface area contributed by atoms with Crippen LogP contribution in [0.2, 0.25) is 5.02 Å². The Balaban J connectivity index is 2.16. The molecular formula is C14H13ClFNS. The summed E-state index contributed by atoms with van der Waals surface area (Å²) >= 11 is 7.52. The van der Waals surface area contributed by atoms with Crippen molar-refractivity contribution in [1.29, 1.82) is 0 Å². The van der Waals surface area contributed by atoms with Gasteiger partial charge in [0.05, 0.1) is 5.02 Å². The van der Waals surface area contributed by atoms with Crippen LogP contribution < -0.4 is 5.73 Å². The molecule has 0 heterocycles. The summed E-state index contributed by atoms with van der Waals surface area (Å²) in [4.78, 5) is 1.09. The van der Waals surface area contributed by atoms with Crippen molar-refractivity contribution in [2.45, 2.75) is 17.6 Å². The van der Waals surface area contributed by atoms with Crippen molar-refractivity contribution in [2.24, 2.45) is 0 Å². The summed E-state index contributed by atoms with van der Waals surface area (Å²) in [6, 6.07) is 10.6. The molecule has 0 fully saturated rings. The van der Waals surface area contributed by atoms with Crippen LogP contribution in [0.4, 0.5) is 10.1 Å². The quantitative estimate of drug-likeness (QED) is 0.654. The van der Waals surface area contributed by atoms with Crippen LogP contribution in [0.1, 0.15) is 11.1 Å². The summed E-state index contributed by atoms with van der Waals surface area (Å²) < 4.78 is 13.3. The maximum atomic E-state index is 13.3. The van der Waals surface area contributed by atoms with Crippen LogP contribution in [0.3, 0.4) is 0 Å². The number of thioether (sulfide) groups is 1. The highest BCUT2D eigenvalue weighted by molar-refractivity contribution is 7.98. The number of rotatable bonds is 3. The first-order valence-electron chi connectivity index (χ1n) is 5.50. The van der Waals surface area contributed by atoms with E-state index in [1.165, 1.54) is 6.07 Å². The molecule has 2 aromatic carbocycles. The highest BCUT2D eigenvalue weighted by atomic mass is 35.5. The smallest absolute Gasteiger partial charge is 0.142 e. The maximum Gasteiger partial charge on any atom is 0.142 e. The van der Waals surface area contributed by atoms with E-state index in [1.807, 2.05) is 31.2 Å². The molecule has 1 nitrogen and oxygen atoms in total. The predicted molar refractivity (Wildman–Crippen MR) is 76.6 cm³/mol. The lowest BCUT2D eigenvalue weighted by molar-refractivity contribution is 0.627. The molecule has 18 heavy (non-hydrogen) atoms. The van der Waals surface area contributed by atoms with Crippen molar-refractivity contribution >= 4 is 29.1 Å². The number of hydrogen-bond donors (Lipinski definition) is 1. The molecule has 94 valence electrons. The van der Waals surface area contributed by atoms with Crippen molar-refractivity contribution in [1.82, 2.24) is 0 Å². The number of halogens is 2. The normalized spacial score (nSPS) is 10.6. The zero-order valence-corrected chi connectivity index (χ0v) is 11.5. The minimum Gasteiger partial charge on any atom is -0.399 e. The Labute approximate surface area is 115 Å². The third-order valence-corrected chi connectivity index (χ3v) is 4.26. The molecule has 0 bridgehead atoms. The van der Waals surface area contributed by atoms with Crippen LogP contribution in [-0.4, -0.2) is 0 Å². The van der Waals surface area contributed by atoms with Crippen molar-refractivity contribution in [2.75, 3.05) is 5.73 Å². The van der Waals surface area contributed by atoms with Gasteiger partial charge < -0.3 is 5.73 Å². The maximum absolute atomic E-state index is 13.3. The zero-order valence-electron chi connectivity index (χ0n) is 9.91. The van der Waals surface area contributed by atoms with Crippen LogP contribution in [0.5, 0.6) is 0 Å². The van der Waals surface area contributed by atoms with E-state index < -0.39 is 0 Å². The summed E-state index contributed by atoms with van der Waals surface area (Å²) in [5.41, 5.74) is 8.43. The van der Waals surface area contributed by atoms with E-state index in [0.717, 1.165) is 21.7 Å². The molecule has 0 atom stereocenters. The second kappa shape index (κ2) is 5.63. The Morgan fingerprint density at radius 1 is 1.28 bits per heavy atom. The molecule has 0 saturated carbocycles. The first-order valence-corrected chi connectivity index (χ1v) is 6.86. The molecule has 0 saturated heterocycles. The van der Waals surface area contributed by atoms with Gasteiger partial charge in [0.1, 0.15) is 5.82 Å². The lowest BCUT2D eigenvalue weighted by atomic mass is 10.2. The SMILES string of the molecule is Cc1ccc(N)cc1SCc1cccc(F)c1Cl. The molecule has 0 aromatic heterocycles. The molecule has 0 spiro atoms. The minimum atomic E-state index is -0.376. The molecule has 0 aliphatic carbocycles. The Bertz CT molecular complexity index is 570. The van der Waals surface area contributed by atoms with Gasteiger partial charge in [-0.2, -0.15) is 0 Å². The van der Waals surface area contributed by atoms with Crippen molar-refractivity contribution in [3.63, 3.8) is 0 Å². The van der Waals surface area contributed by atoms with Gasteiger partial charge in [-0.25, -0.2) is 4.39 Å². The zero-order chi connectivity index (χ0) is 13.1. The van der Waals surface area contributed by atoms with Crippen molar-refractivity contribution in [3.05, 3.63) is 58.4 Å². The van der Waals surface area contributed by atoms with E-state index >= 15 is 0 Å². The predicted octanol–water partition coefficient (Wildman–Crippen LogP) is 4.66. The molecule has 2 rings (SSSR count). The number of aryl methyl sites for hydroxylation is 1. The van der Waals surface area contributed by atoms with Crippen LogP contribution in [0.25, 0.3) is 0 Å². The van der Waals surface area contributed by atoms with Gasteiger partial charge in [-0.15, -0.1) is 11.8 Å². The number of nitrogens with two attached hydrogens (primary N) is 1. The highest BCUT2D eigenvalue weighted by Gasteiger charge is 2.07. The van der Waals surface area contributed by atoms with Crippen LogP contribution in [0, 0.1) is 12.7 Å². The summed E-state index contributed by atoms with van der Waals surface area (Å²) in [6.07, 6.45) is 0. The van der Waals surface area contributed by atoms with E-state index in [2.05, 4.69) is 0 Å². The molecule has 0 unspecified atom stereocenters. The monoisotopic (exact) mass is 281 g/mol. The molecule has 2 aromatic rings. The third-order valence-electron chi connectivity index (χ3n) is 2.63. The van der Waals surface area contributed by atoms with Gasteiger partial charge in [-0.1, -0.05) is 29.8 Å². The van der Waals surface area contributed by atoms with E-state index in [9.17, 15) is 4.39 Å². The topological polar surface area (TPSA) is 26.0 Å². The van der Waals surface area contributed by atoms with Gasteiger partial charge in [0, 0.05) is 16.3 Å². The minimum absolute atomic E-state index is 0.201.